The van der Waals surface area contributed by atoms with Gasteiger partial charge in [0.2, 0.25) is 0 Å². The van der Waals surface area contributed by atoms with Crippen LogP contribution in [0.25, 0.3) is 0 Å². The van der Waals surface area contributed by atoms with E-state index in [1.807, 2.05) is 0 Å². The fourth-order valence-corrected chi connectivity index (χ4v) is 1.99. The van der Waals surface area contributed by atoms with Gasteiger partial charge in [-0.15, -0.1) is 0 Å². The van der Waals surface area contributed by atoms with Crippen LogP contribution in [-0.4, -0.2) is 29.4 Å². The molecule has 0 heterocycles. The van der Waals surface area contributed by atoms with Crippen LogP contribution in [0.1, 0.15) is 32.1 Å². The number of carbonyl (C=O) groups excluding carboxylic acids is 2. The lowest BCUT2D eigenvalue weighted by Gasteiger charge is -2.14. The number of nitrogens with two attached hydrogens (primary N) is 1. The summed E-state index contributed by atoms with van der Waals surface area (Å²) in [7, 11) is -1.14. The van der Waals surface area contributed by atoms with Gasteiger partial charge in [0.25, 0.3) is 0 Å². The molecule has 15 heavy (non-hydrogen) atoms. The van der Waals surface area contributed by atoms with E-state index < -0.39 is 7.12 Å². The van der Waals surface area contributed by atoms with Gasteiger partial charge in [-0.2, -0.15) is 9.59 Å². The molecular formula is C9H18BNO4. The van der Waals surface area contributed by atoms with Crippen molar-refractivity contribution in [2.75, 3.05) is 0 Å². The lowest BCUT2D eigenvalue weighted by Crippen LogP contribution is -2.24. The van der Waals surface area contributed by atoms with Crippen molar-refractivity contribution < 1.29 is 19.6 Å². The predicted molar refractivity (Wildman–Crippen MR) is 54.6 cm³/mol. The molecule has 0 aromatic rings. The van der Waals surface area contributed by atoms with E-state index >= 15 is 0 Å². The van der Waals surface area contributed by atoms with Crippen molar-refractivity contribution in [3.63, 3.8) is 0 Å². The van der Waals surface area contributed by atoms with Crippen LogP contribution in [0, 0.1) is 5.92 Å². The van der Waals surface area contributed by atoms with Crippen LogP contribution in [-0.2, 0) is 9.59 Å². The van der Waals surface area contributed by atoms with Gasteiger partial charge in [0.1, 0.15) is 0 Å². The van der Waals surface area contributed by atoms with E-state index in [1.165, 1.54) is 12.8 Å². The highest BCUT2D eigenvalue weighted by Crippen LogP contribution is 2.28. The Balaban J connectivity index is 0.000000583. The molecule has 4 N–H and O–H groups in total. The van der Waals surface area contributed by atoms with Crippen LogP contribution in [0.5, 0.6) is 0 Å². The third-order valence-corrected chi connectivity index (χ3v) is 2.76. The SMILES string of the molecule is N[C@H]1CCC[C@@H]1CCCB(O)O.O=C=O. The summed E-state index contributed by atoms with van der Waals surface area (Å²) in [5, 5.41) is 17.2. The fourth-order valence-electron chi connectivity index (χ4n) is 1.99. The number of hydrogen-bond donors (Lipinski definition) is 3. The maximum absolute atomic E-state index is 8.62. The molecule has 0 saturated heterocycles. The molecule has 1 aliphatic rings. The Labute approximate surface area is 89.8 Å². The quantitative estimate of drug-likeness (QED) is 0.563. The second-order valence-electron chi connectivity index (χ2n) is 3.85. The Morgan fingerprint density at radius 1 is 1.33 bits per heavy atom. The average molecular weight is 215 g/mol. The van der Waals surface area contributed by atoms with Gasteiger partial charge >= 0.3 is 13.3 Å². The average Bonchev–Trinajstić information content (AvgIpc) is 2.53. The topological polar surface area (TPSA) is 101 Å². The third kappa shape index (κ3) is 7.28. The minimum atomic E-state index is -1.14. The van der Waals surface area contributed by atoms with Crippen molar-refractivity contribution in [3.05, 3.63) is 0 Å². The third-order valence-electron chi connectivity index (χ3n) is 2.76. The highest BCUT2D eigenvalue weighted by atomic mass is 16.4. The maximum atomic E-state index is 8.62. The molecule has 0 unspecified atom stereocenters. The van der Waals surface area contributed by atoms with E-state index in [-0.39, 0.29) is 6.15 Å². The summed E-state index contributed by atoms with van der Waals surface area (Å²) in [6, 6.07) is 0.362. The van der Waals surface area contributed by atoms with Crippen LogP contribution in [0.2, 0.25) is 6.32 Å². The highest BCUT2D eigenvalue weighted by Gasteiger charge is 2.23. The first-order chi connectivity index (χ1) is 7.11. The first kappa shape index (κ1) is 14.3. The van der Waals surface area contributed by atoms with Gasteiger partial charge in [0, 0.05) is 6.04 Å². The molecule has 1 fully saturated rings. The standard InChI is InChI=1S/C8H18BNO2.CO2/c10-8-5-1-3-7(8)4-2-6-9(11)12;2-1-3/h7-8,11-12H,1-6,10H2;/t7-,8+;/m1./s1. The molecule has 1 saturated carbocycles. The summed E-state index contributed by atoms with van der Waals surface area (Å²) in [4.78, 5) is 16.2. The predicted octanol–water partition coefficient (Wildman–Crippen LogP) is -0.217. The van der Waals surface area contributed by atoms with Crippen molar-refractivity contribution in [3.8, 4) is 0 Å². The maximum Gasteiger partial charge on any atom is 0.451 e. The largest absolute Gasteiger partial charge is 0.451 e. The van der Waals surface area contributed by atoms with Crippen LogP contribution in [0.15, 0.2) is 0 Å². The van der Waals surface area contributed by atoms with Gasteiger partial charge < -0.3 is 15.8 Å². The van der Waals surface area contributed by atoms with Gasteiger partial charge in [-0.25, -0.2) is 0 Å². The molecule has 86 valence electrons. The molecule has 6 heteroatoms. The van der Waals surface area contributed by atoms with Gasteiger partial charge in [-0.1, -0.05) is 12.8 Å². The molecule has 0 aliphatic heterocycles. The Morgan fingerprint density at radius 3 is 2.33 bits per heavy atom. The van der Waals surface area contributed by atoms with Crippen LogP contribution >= 0.6 is 0 Å². The highest BCUT2D eigenvalue weighted by molar-refractivity contribution is 6.40. The van der Waals surface area contributed by atoms with E-state index in [0.29, 0.717) is 18.3 Å². The normalized spacial score (nSPS) is 23.9. The van der Waals surface area contributed by atoms with Crippen LogP contribution in [0.4, 0.5) is 0 Å². The molecule has 0 radical (unpaired) electrons. The lowest BCUT2D eigenvalue weighted by molar-refractivity contribution is -0.191. The Hall–Kier alpha value is -0.675. The van der Waals surface area contributed by atoms with Gasteiger partial charge in [-0.3, -0.25) is 0 Å². The van der Waals surface area contributed by atoms with Crippen molar-refractivity contribution in [1.82, 2.24) is 0 Å². The van der Waals surface area contributed by atoms with Gasteiger partial charge in [0.15, 0.2) is 0 Å². The first-order valence-electron chi connectivity index (χ1n) is 5.22. The minimum absolute atomic E-state index is 0.250. The van der Waals surface area contributed by atoms with Crippen molar-refractivity contribution in [2.24, 2.45) is 11.7 Å². The lowest BCUT2D eigenvalue weighted by atomic mass is 9.81. The minimum Gasteiger partial charge on any atom is -0.427 e. The van der Waals surface area contributed by atoms with E-state index in [1.54, 1.807) is 0 Å². The first-order valence-corrected chi connectivity index (χ1v) is 5.22. The molecule has 0 amide bonds. The zero-order chi connectivity index (χ0) is 11.7. The summed E-state index contributed by atoms with van der Waals surface area (Å²) < 4.78 is 0. The van der Waals surface area contributed by atoms with Crippen LogP contribution < -0.4 is 5.73 Å². The Kier molecular flexibility index (Phi) is 8.23. The van der Waals surface area contributed by atoms with E-state index in [0.717, 1.165) is 19.3 Å². The summed E-state index contributed by atoms with van der Waals surface area (Å²) in [6.45, 7) is 0. The summed E-state index contributed by atoms with van der Waals surface area (Å²) >= 11 is 0. The zero-order valence-corrected chi connectivity index (χ0v) is 8.76. The second kappa shape index (κ2) is 8.62. The van der Waals surface area contributed by atoms with E-state index in [4.69, 9.17) is 25.4 Å². The molecule has 0 aromatic carbocycles. The zero-order valence-electron chi connectivity index (χ0n) is 8.76. The van der Waals surface area contributed by atoms with Gasteiger partial charge in [-0.05, 0) is 31.5 Å². The smallest absolute Gasteiger partial charge is 0.427 e. The summed E-state index contributed by atoms with van der Waals surface area (Å²) in [5.74, 6) is 0.628. The number of hydrogen-bond acceptors (Lipinski definition) is 5. The van der Waals surface area contributed by atoms with Crippen molar-refractivity contribution >= 4 is 13.3 Å². The molecule has 1 rings (SSSR count). The van der Waals surface area contributed by atoms with E-state index in [9.17, 15) is 0 Å². The number of rotatable bonds is 4. The molecule has 2 atom stereocenters. The second-order valence-corrected chi connectivity index (χ2v) is 3.85. The van der Waals surface area contributed by atoms with Crippen molar-refractivity contribution in [2.45, 2.75) is 44.5 Å². The molecule has 0 spiro atoms. The van der Waals surface area contributed by atoms with Gasteiger partial charge in [0.05, 0.1) is 0 Å². The molecule has 5 nitrogen and oxygen atoms in total. The molecular weight excluding hydrogens is 197 g/mol. The van der Waals surface area contributed by atoms with Crippen LogP contribution in [0.3, 0.4) is 0 Å². The molecule has 1 aliphatic carbocycles. The van der Waals surface area contributed by atoms with E-state index in [2.05, 4.69) is 0 Å². The summed E-state index contributed by atoms with van der Waals surface area (Å²) in [6.07, 6.45) is 6.29. The van der Waals surface area contributed by atoms with Crippen molar-refractivity contribution in [1.29, 1.82) is 0 Å². The molecule has 0 aromatic heterocycles. The summed E-state index contributed by atoms with van der Waals surface area (Å²) in [5.41, 5.74) is 5.87. The molecule has 0 bridgehead atoms. The Morgan fingerprint density at radius 2 is 1.93 bits per heavy atom. The Bertz CT molecular complexity index is 195. The monoisotopic (exact) mass is 215 g/mol. The fraction of sp³-hybridized carbons (Fsp3) is 0.889.